The molecule has 4 nitrogen and oxygen atoms in total. The summed E-state index contributed by atoms with van der Waals surface area (Å²) in [5, 5.41) is -0.238. The number of hydrogen-bond donors (Lipinski definition) is 0. The maximum absolute atomic E-state index is 13.8. The number of carbonyl (C=O) groups is 1. The minimum Gasteiger partial charge on any atom is -0.497 e. The second kappa shape index (κ2) is 10.9. The fourth-order valence-corrected chi connectivity index (χ4v) is 7.12. The molecule has 0 aromatic heterocycles. The van der Waals surface area contributed by atoms with Crippen molar-refractivity contribution in [3.63, 3.8) is 0 Å². The zero-order chi connectivity index (χ0) is 22.5. The number of aryl methyl sites for hydroxylation is 1. The molecule has 8 heteroatoms. The van der Waals surface area contributed by atoms with Gasteiger partial charge in [0.2, 0.25) is 0 Å². The van der Waals surface area contributed by atoms with Crippen LogP contribution in [-0.4, -0.2) is 28.5 Å². The smallest absolute Gasteiger partial charge is 0.326 e. The SMILES string of the molecule is CCC(C)(SCc1ccc(OC)cc1)S(=O)C(C(=O)OC)c1c(C)cc(Cl)cc1Cl. The molecule has 0 aliphatic rings. The third kappa shape index (κ3) is 5.72. The number of esters is 1. The summed E-state index contributed by atoms with van der Waals surface area (Å²) in [5.41, 5.74) is 2.28. The average Bonchev–Trinajstić information content (AvgIpc) is 2.73. The number of rotatable bonds is 9. The highest BCUT2D eigenvalue weighted by molar-refractivity contribution is 8.12. The molecule has 0 N–H and O–H groups in total. The number of benzene rings is 2. The van der Waals surface area contributed by atoms with Crippen molar-refractivity contribution < 1.29 is 18.5 Å². The highest BCUT2D eigenvalue weighted by Gasteiger charge is 2.42. The quantitative estimate of drug-likeness (QED) is 0.385. The summed E-state index contributed by atoms with van der Waals surface area (Å²) < 4.78 is 23.3. The summed E-state index contributed by atoms with van der Waals surface area (Å²) in [6.07, 6.45) is 0.595. The van der Waals surface area contributed by atoms with Gasteiger partial charge in [0.25, 0.3) is 0 Å². The van der Waals surface area contributed by atoms with Gasteiger partial charge in [-0.05, 0) is 55.7 Å². The fourth-order valence-electron chi connectivity index (χ4n) is 2.97. The molecule has 164 valence electrons. The Morgan fingerprint density at radius 1 is 1.20 bits per heavy atom. The van der Waals surface area contributed by atoms with Crippen LogP contribution in [0.2, 0.25) is 10.0 Å². The monoisotopic (exact) mass is 488 g/mol. The molecule has 0 radical (unpaired) electrons. The number of methoxy groups -OCH3 is 2. The van der Waals surface area contributed by atoms with Gasteiger partial charge in [-0.25, -0.2) is 0 Å². The molecule has 3 atom stereocenters. The summed E-state index contributed by atoms with van der Waals surface area (Å²) in [6.45, 7) is 5.67. The van der Waals surface area contributed by atoms with Crippen LogP contribution in [-0.2, 0) is 26.1 Å². The van der Waals surface area contributed by atoms with E-state index >= 15 is 0 Å². The lowest BCUT2D eigenvalue weighted by Crippen LogP contribution is -2.34. The van der Waals surface area contributed by atoms with Crippen molar-refractivity contribution in [2.45, 2.75) is 42.3 Å². The molecule has 0 heterocycles. The molecule has 0 aliphatic carbocycles. The van der Waals surface area contributed by atoms with E-state index in [0.29, 0.717) is 33.3 Å². The third-order valence-electron chi connectivity index (χ3n) is 4.96. The van der Waals surface area contributed by atoms with Crippen molar-refractivity contribution in [2.24, 2.45) is 0 Å². The van der Waals surface area contributed by atoms with E-state index in [4.69, 9.17) is 32.7 Å². The number of ether oxygens (including phenoxy) is 2. The maximum atomic E-state index is 13.8. The first-order valence-corrected chi connectivity index (χ1v) is 12.3. The van der Waals surface area contributed by atoms with Crippen LogP contribution in [0.25, 0.3) is 0 Å². The fraction of sp³-hybridized carbons (Fsp3) is 0.409. The molecule has 0 saturated heterocycles. The van der Waals surface area contributed by atoms with Crippen LogP contribution in [0.3, 0.4) is 0 Å². The molecule has 2 aromatic carbocycles. The van der Waals surface area contributed by atoms with Gasteiger partial charge in [-0.1, -0.05) is 42.3 Å². The van der Waals surface area contributed by atoms with Crippen molar-refractivity contribution in [3.8, 4) is 5.75 Å². The molecular weight excluding hydrogens is 463 g/mol. The minimum atomic E-state index is -1.61. The highest BCUT2D eigenvalue weighted by Crippen LogP contribution is 2.43. The number of carbonyl (C=O) groups excluding carboxylic acids is 1. The van der Waals surface area contributed by atoms with E-state index in [0.717, 1.165) is 11.3 Å². The van der Waals surface area contributed by atoms with Crippen LogP contribution >= 0.6 is 35.0 Å². The van der Waals surface area contributed by atoms with Crippen molar-refractivity contribution in [1.29, 1.82) is 0 Å². The van der Waals surface area contributed by atoms with Crippen molar-refractivity contribution in [1.82, 2.24) is 0 Å². The Balaban J connectivity index is 2.37. The zero-order valence-corrected chi connectivity index (χ0v) is 20.8. The molecule has 0 aliphatic heterocycles. The number of halogens is 2. The van der Waals surface area contributed by atoms with Gasteiger partial charge >= 0.3 is 5.97 Å². The largest absolute Gasteiger partial charge is 0.497 e. The average molecular weight is 489 g/mol. The van der Waals surface area contributed by atoms with E-state index in [9.17, 15) is 9.00 Å². The Hall–Kier alpha value is -1.21. The van der Waals surface area contributed by atoms with Crippen molar-refractivity contribution >= 4 is 51.7 Å². The standard InChI is InChI=1S/C22H26Cl2O4S2/c1-6-22(3,29-13-15-7-9-17(27-4)10-8-15)30(26)20(21(25)28-5)19-14(2)11-16(23)12-18(19)24/h7-12,20H,6,13H2,1-5H3. The molecule has 2 aromatic rings. The van der Waals surface area contributed by atoms with Crippen LogP contribution in [0, 0.1) is 6.92 Å². The minimum absolute atomic E-state index is 0.308. The van der Waals surface area contributed by atoms with Gasteiger partial charge in [-0.2, -0.15) is 0 Å². The lowest BCUT2D eigenvalue weighted by atomic mass is 10.1. The van der Waals surface area contributed by atoms with E-state index in [1.165, 1.54) is 7.11 Å². The highest BCUT2D eigenvalue weighted by atomic mass is 35.5. The Morgan fingerprint density at radius 2 is 1.83 bits per heavy atom. The second-order valence-electron chi connectivity index (χ2n) is 6.94. The van der Waals surface area contributed by atoms with Crippen LogP contribution in [0.1, 0.15) is 42.2 Å². The van der Waals surface area contributed by atoms with Gasteiger partial charge < -0.3 is 9.47 Å². The molecular formula is C22H26Cl2O4S2. The number of thioether (sulfide) groups is 1. The number of hydrogen-bond acceptors (Lipinski definition) is 5. The molecule has 30 heavy (non-hydrogen) atoms. The van der Waals surface area contributed by atoms with E-state index in [2.05, 4.69) is 0 Å². The van der Waals surface area contributed by atoms with Crippen LogP contribution < -0.4 is 4.74 Å². The molecule has 0 saturated carbocycles. The first-order chi connectivity index (χ1) is 14.2. The van der Waals surface area contributed by atoms with Crippen molar-refractivity contribution in [3.05, 3.63) is 63.1 Å². The lowest BCUT2D eigenvalue weighted by Gasteiger charge is -2.31. The molecule has 0 amide bonds. The second-order valence-corrected chi connectivity index (χ2v) is 11.5. The normalized spacial score (nSPS) is 15.2. The summed E-state index contributed by atoms with van der Waals surface area (Å²) in [7, 11) is 1.30. The maximum Gasteiger partial charge on any atom is 0.326 e. The molecule has 0 fully saturated rings. The topological polar surface area (TPSA) is 52.6 Å². The van der Waals surface area contributed by atoms with Crippen molar-refractivity contribution in [2.75, 3.05) is 14.2 Å². The van der Waals surface area contributed by atoms with Gasteiger partial charge in [-0.15, -0.1) is 11.8 Å². The van der Waals surface area contributed by atoms with Gasteiger partial charge in [-0.3, -0.25) is 9.00 Å². The Bertz CT molecular complexity index is 895. The molecule has 3 unspecified atom stereocenters. The Morgan fingerprint density at radius 3 is 2.33 bits per heavy atom. The van der Waals surface area contributed by atoms with E-state index in [1.807, 2.05) is 38.1 Å². The van der Waals surface area contributed by atoms with E-state index in [1.54, 1.807) is 37.9 Å². The zero-order valence-electron chi connectivity index (χ0n) is 17.7. The van der Waals surface area contributed by atoms with E-state index < -0.39 is 26.1 Å². The summed E-state index contributed by atoms with van der Waals surface area (Å²) in [5.74, 6) is 0.843. The summed E-state index contributed by atoms with van der Waals surface area (Å²) >= 11 is 14.1. The Labute approximate surface area is 195 Å². The van der Waals surface area contributed by atoms with Gasteiger partial charge in [0.05, 0.1) is 29.1 Å². The Kier molecular flexibility index (Phi) is 9.10. The predicted molar refractivity (Wildman–Crippen MR) is 127 cm³/mol. The van der Waals surface area contributed by atoms with Gasteiger partial charge in [0, 0.05) is 21.4 Å². The molecule has 2 rings (SSSR count). The third-order valence-corrected chi connectivity index (χ3v) is 9.71. The molecule has 0 spiro atoms. The summed E-state index contributed by atoms with van der Waals surface area (Å²) in [6, 6.07) is 11.0. The van der Waals surface area contributed by atoms with Crippen LogP contribution in [0.15, 0.2) is 36.4 Å². The van der Waals surface area contributed by atoms with E-state index in [-0.39, 0.29) is 0 Å². The van der Waals surface area contributed by atoms with Crippen LogP contribution in [0.4, 0.5) is 0 Å². The molecule has 0 bridgehead atoms. The van der Waals surface area contributed by atoms with Gasteiger partial charge in [0.1, 0.15) is 5.75 Å². The first-order valence-electron chi connectivity index (χ1n) is 9.37. The van der Waals surface area contributed by atoms with Crippen LogP contribution in [0.5, 0.6) is 5.75 Å². The van der Waals surface area contributed by atoms with Gasteiger partial charge in [0.15, 0.2) is 5.25 Å². The predicted octanol–water partition coefficient (Wildman–Crippen LogP) is 6.33. The summed E-state index contributed by atoms with van der Waals surface area (Å²) in [4.78, 5) is 12.7. The first kappa shape index (κ1) is 25.1. The lowest BCUT2D eigenvalue weighted by molar-refractivity contribution is -0.140.